The quantitative estimate of drug-likeness (QED) is 0.428. The third-order valence-electron chi connectivity index (χ3n) is 5.96. The lowest BCUT2D eigenvalue weighted by molar-refractivity contribution is -0.137. The lowest BCUT2D eigenvalue weighted by Crippen LogP contribution is -2.33. The highest BCUT2D eigenvalue weighted by atomic mass is 19.4. The van der Waals surface area contributed by atoms with Gasteiger partial charge in [0.25, 0.3) is 0 Å². The molecule has 0 bridgehead atoms. The van der Waals surface area contributed by atoms with E-state index in [-0.39, 0.29) is 18.5 Å². The maximum Gasteiger partial charge on any atom is 0.416 e. The van der Waals surface area contributed by atoms with Crippen LogP contribution in [0.25, 0.3) is 0 Å². The molecule has 0 spiro atoms. The maximum atomic E-state index is 12.9. The van der Waals surface area contributed by atoms with Crippen LogP contribution in [-0.2, 0) is 17.3 Å². The fourth-order valence-corrected chi connectivity index (χ4v) is 4.02. The van der Waals surface area contributed by atoms with Gasteiger partial charge in [0, 0.05) is 6.54 Å². The van der Waals surface area contributed by atoms with Gasteiger partial charge in [-0.1, -0.05) is 31.5 Å². The van der Waals surface area contributed by atoms with E-state index in [0.29, 0.717) is 24.1 Å². The van der Waals surface area contributed by atoms with Crippen LogP contribution < -0.4 is 0 Å². The Kier molecular flexibility index (Phi) is 11.0. The van der Waals surface area contributed by atoms with Gasteiger partial charge < -0.3 is 14.7 Å². The molecule has 7 heteroatoms. The highest BCUT2D eigenvalue weighted by molar-refractivity contribution is 5.35. The smallest absolute Gasteiger partial charge is 0.389 e. The van der Waals surface area contributed by atoms with Crippen LogP contribution >= 0.6 is 0 Å². The maximum absolute atomic E-state index is 12.9. The van der Waals surface area contributed by atoms with Crippen molar-refractivity contribution in [3.8, 4) is 0 Å². The summed E-state index contributed by atoms with van der Waals surface area (Å²) in [4.78, 5) is 2.21. The summed E-state index contributed by atoms with van der Waals surface area (Å²) in [5.74, 6) is -0.116. The van der Waals surface area contributed by atoms with Crippen LogP contribution in [0.4, 0.5) is 17.6 Å². The standard InChI is InChI=1S/C19H28F3NO2.C8H9F/c1-3-6-15-11-16(19(20,21)22)7-8-18(15)14(2)25-13-17(24)12-23-9-4-5-10-23;1-6-3-4-7(2)8(9)5-6/h7-8,11,14,17,24H,3-6,9-10,12-13H2,1-2H3;3-5H,1-2H3. The Morgan fingerprint density at radius 1 is 1.06 bits per heavy atom. The molecule has 0 aliphatic carbocycles. The second-order valence-corrected chi connectivity index (χ2v) is 9.05. The zero-order valence-electron chi connectivity index (χ0n) is 20.6. The van der Waals surface area contributed by atoms with E-state index in [2.05, 4.69) is 4.90 Å². The van der Waals surface area contributed by atoms with Gasteiger partial charge in [-0.2, -0.15) is 13.2 Å². The van der Waals surface area contributed by atoms with Gasteiger partial charge in [0.2, 0.25) is 0 Å². The predicted molar refractivity (Wildman–Crippen MR) is 127 cm³/mol. The largest absolute Gasteiger partial charge is 0.416 e. The zero-order chi connectivity index (χ0) is 25.3. The minimum atomic E-state index is -4.34. The summed E-state index contributed by atoms with van der Waals surface area (Å²) in [6.07, 6.45) is -1.60. The van der Waals surface area contributed by atoms with Crippen LogP contribution in [0.15, 0.2) is 36.4 Å². The summed E-state index contributed by atoms with van der Waals surface area (Å²) in [7, 11) is 0. The van der Waals surface area contributed by atoms with Crippen molar-refractivity contribution in [1.29, 1.82) is 0 Å². The summed E-state index contributed by atoms with van der Waals surface area (Å²) in [6, 6.07) is 9.05. The summed E-state index contributed by atoms with van der Waals surface area (Å²) in [6.45, 7) is 10.2. The molecule has 1 saturated heterocycles. The number of aliphatic hydroxyl groups excluding tert-OH is 1. The Bertz CT molecular complexity index is 895. The number of ether oxygens (including phenoxy) is 1. The molecule has 0 radical (unpaired) electrons. The first kappa shape index (κ1) is 28.3. The molecule has 3 nitrogen and oxygen atoms in total. The SMILES string of the molecule is CCCc1cc(C(F)(F)F)ccc1C(C)OCC(O)CN1CCCC1.Cc1ccc(C)c(F)c1. The molecule has 2 aromatic rings. The van der Waals surface area contributed by atoms with Crippen molar-refractivity contribution in [3.05, 3.63) is 70.0 Å². The second-order valence-electron chi connectivity index (χ2n) is 9.05. The Morgan fingerprint density at radius 2 is 1.74 bits per heavy atom. The van der Waals surface area contributed by atoms with Crippen LogP contribution in [0.1, 0.15) is 67.0 Å². The van der Waals surface area contributed by atoms with E-state index in [1.807, 2.05) is 26.8 Å². The van der Waals surface area contributed by atoms with Gasteiger partial charge in [0.1, 0.15) is 5.82 Å². The van der Waals surface area contributed by atoms with Crippen molar-refractivity contribution < 1.29 is 27.4 Å². The Morgan fingerprint density at radius 3 is 2.29 bits per heavy atom. The van der Waals surface area contributed by atoms with Crippen LogP contribution in [0, 0.1) is 19.7 Å². The van der Waals surface area contributed by atoms with Crippen molar-refractivity contribution >= 4 is 0 Å². The Labute approximate surface area is 200 Å². The third-order valence-corrected chi connectivity index (χ3v) is 5.96. The minimum Gasteiger partial charge on any atom is -0.389 e. The average molecular weight is 484 g/mol. The molecule has 34 heavy (non-hydrogen) atoms. The van der Waals surface area contributed by atoms with Gasteiger partial charge in [-0.05, 0) is 93.6 Å². The molecule has 1 aliphatic heterocycles. The van der Waals surface area contributed by atoms with E-state index in [0.717, 1.165) is 49.5 Å². The topological polar surface area (TPSA) is 32.7 Å². The number of likely N-dealkylation sites (tertiary alicyclic amines) is 1. The molecule has 1 fully saturated rings. The summed E-state index contributed by atoms with van der Waals surface area (Å²) < 4.78 is 57.1. The van der Waals surface area contributed by atoms with Gasteiger partial charge in [0.05, 0.1) is 24.4 Å². The van der Waals surface area contributed by atoms with Crippen LogP contribution in [0.2, 0.25) is 0 Å². The highest BCUT2D eigenvalue weighted by Gasteiger charge is 2.31. The van der Waals surface area contributed by atoms with Crippen molar-refractivity contribution in [1.82, 2.24) is 4.90 Å². The molecule has 1 N–H and O–H groups in total. The van der Waals surface area contributed by atoms with Gasteiger partial charge in [-0.3, -0.25) is 0 Å². The van der Waals surface area contributed by atoms with E-state index in [9.17, 15) is 22.7 Å². The summed E-state index contributed by atoms with van der Waals surface area (Å²) in [5, 5.41) is 10.1. The lowest BCUT2D eigenvalue weighted by Gasteiger charge is -2.23. The van der Waals surface area contributed by atoms with Crippen molar-refractivity contribution in [3.63, 3.8) is 0 Å². The molecule has 2 aromatic carbocycles. The van der Waals surface area contributed by atoms with Crippen LogP contribution in [-0.4, -0.2) is 42.4 Å². The van der Waals surface area contributed by atoms with Crippen LogP contribution in [0.5, 0.6) is 0 Å². The van der Waals surface area contributed by atoms with E-state index >= 15 is 0 Å². The summed E-state index contributed by atoms with van der Waals surface area (Å²) >= 11 is 0. The van der Waals surface area contributed by atoms with Gasteiger partial charge in [-0.15, -0.1) is 0 Å². The number of rotatable bonds is 8. The monoisotopic (exact) mass is 483 g/mol. The molecule has 1 heterocycles. The molecular weight excluding hydrogens is 446 g/mol. The number of nitrogens with zero attached hydrogens (tertiary/aromatic N) is 1. The summed E-state index contributed by atoms with van der Waals surface area (Å²) in [5.41, 5.74) is 2.49. The fraction of sp³-hybridized carbons (Fsp3) is 0.556. The van der Waals surface area contributed by atoms with Gasteiger partial charge >= 0.3 is 6.18 Å². The molecule has 2 atom stereocenters. The van der Waals surface area contributed by atoms with Crippen molar-refractivity contribution in [2.45, 2.75) is 71.8 Å². The molecule has 0 saturated carbocycles. The van der Waals surface area contributed by atoms with Gasteiger partial charge in [-0.25, -0.2) is 4.39 Å². The van der Waals surface area contributed by atoms with Crippen molar-refractivity contribution in [2.24, 2.45) is 0 Å². The number of benzene rings is 2. The number of hydrogen-bond donors (Lipinski definition) is 1. The molecule has 190 valence electrons. The first-order chi connectivity index (χ1) is 16.0. The number of halogens is 4. The van der Waals surface area contributed by atoms with Crippen molar-refractivity contribution in [2.75, 3.05) is 26.2 Å². The number of aliphatic hydroxyl groups is 1. The molecule has 1 aliphatic rings. The number of β-amino-alcohol motifs (C(OH)–C–C–N with tert-alkyl or cyclic N) is 1. The molecule has 0 aromatic heterocycles. The Balaban J connectivity index is 0.000000379. The molecule has 2 unspecified atom stereocenters. The van der Waals surface area contributed by atoms with Crippen LogP contribution in [0.3, 0.4) is 0 Å². The zero-order valence-corrected chi connectivity index (χ0v) is 20.6. The lowest BCUT2D eigenvalue weighted by atomic mass is 9.96. The number of aryl methyl sites for hydroxylation is 3. The number of alkyl halides is 3. The first-order valence-corrected chi connectivity index (χ1v) is 12.0. The third kappa shape index (κ3) is 9.01. The first-order valence-electron chi connectivity index (χ1n) is 12.0. The highest BCUT2D eigenvalue weighted by Crippen LogP contribution is 2.33. The minimum absolute atomic E-state index is 0.116. The number of hydrogen-bond acceptors (Lipinski definition) is 3. The van der Waals surface area contributed by atoms with E-state index in [1.54, 1.807) is 13.0 Å². The molecule has 0 amide bonds. The van der Waals surface area contributed by atoms with E-state index < -0.39 is 17.8 Å². The second kappa shape index (κ2) is 13.2. The average Bonchev–Trinajstić information content (AvgIpc) is 3.28. The molecular formula is C27H37F4NO2. The van der Waals surface area contributed by atoms with Gasteiger partial charge in [0.15, 0.2) is 0 Å². The normalized spacial score (nSPS) is 16.1. The van der Waals surface area contributed by atoms with E-state index in [1.165, 1.54) is 18.2 Å². The van der Waals surface area contributed by atoms with E-state index in [4.69, 9.17) is 4.74 Å². The fourth-order valence-electron chi connectivity index (χ4n) is 4.02. The Hall–Kier alpha value is -1.96. The predicted octanol–water partition coefficient (Wildman–Crippen LogP) is 6.63. The molecule has 3 rings (SSSR count).